The molecule has 1 atom stereocenters. The minimum atomic E-state index is -1.11. The molecule has 1 aromatic heterocycles. The first kappa shape index (κ1) is 15.6. The van der Waals surface area contributed by atoms with Gasteiger partial charge in [-0.3, -0.25) is 0 Å². The lowest BCUT2D eigenvalue weighted by Gasteiger charge is -2.18. The van der Waals surface area contributed by atoms with Crippen molar-refractivity contribution in [1.82, 2.24) is 9.97 Å². The molecule has 0 aliphatic carbocycles. The maximum absolute atomic E-state index is 12.2. The Kier molecular flexibility index (Phi) is 5.03. The first-order valence-corrected chi connectivity index (χ1v) is 8.07. The molecule has 1 heterocycles. The van der Waals surface area contributed by atoms with Crippen molar-refractivity contribution in [2.24, 2.45) is 0 Å². The highest BCUT2D eigenvalue weighted by atomic mass is 32.2. The fourth-order valence-electron chi connectivity index (χ4n) is 1.93. The number of rotatable bonds is 5. The van der Waals surface area contributed by atoms with E-state index >= 15 is 0 Å². The molecule has 0 saturated heterocycles. The number of para-hydroxylation sites is 1. The second-order valence-corrected chi connectivity index (χ2v) is 6.38. The molecule has 21 heavy (non-hydrogen) atoms. The summed E-state index contributed by atoms with van der Waals surface area (Å²) < 4.78 is 12.2. The average Bonchev–Trinajstić information content (AvgIpc) is 2.47. The van der Waals surface area contributed by atoms with Crippen LogP contribution >= 0.6 is 0 Å². The van der Waals surface area contributed by atoms with E-state index in [-0.39, 0.29) is 5.75 Å². The van der Waals surface area contributed by atoms with Gasteiger partial charge in [0.05, 0.1) is 11.8 Å². The van der Waals surface area contributed by atoms with E-state index in [1.807, 2.05) is 32.0 Å². The van der Waals surface area contributed by atoms with E-state index in [9.17, 15) is 9.66 Å². The molecular formula is C15H19N3O2S. The van der Waals surface area contributed by atoms with Crippen molar-refractivity contribution in [2.75, 3.05) is 24.7 Å². The van der Waals surface area contributed by atoms with E-state index in [1.165, 1.54) is 0 Å². The molecule has 0 radical (unpaired) electrons. The fourth-order valence-corrected chi connectivity index (χ4v) is 3.12. The third kappa shape index (κ3) is 3.46. The summed E-state index contributed by atoms with van der Waals surface area (Å²) in [6.07, 6.45) is 2.43. The monoisotopic (exact) mass is 305 g/mol. The van der Waals surface area contributed by atoms with E-state index in [0.29, 0.717) is 27.9 Å². The highest BCUT2D eigenvalue weighted by Crippen LogP contribution is 2.29. The molecule has 6 heteroatoms. The predicted molar refractivity (Wildman–Crippen MR) is 85.0 cm³/mol. The van der Waals surface area contributed by atoms with E-state index in [1.54, 1.807) is 24.4 Å². The van der Waals surface area contributed by atoms with Crippen molar-refractivity contribution >= 4 is 17.0 Å². The lowest BCUT2D eigenvalue weighted by Crippen LogP contribution is -2.18. The zero-order valence-corrected chi connectivity index (χ0v) is 13.2. The van der Waals surface area contributed by atoms with E-state index in [4.69, 9.17) is 0 Å². The second kappa shape index (κ2) is 6.78. The van der Waals surface area contributed by atoms with Gasteiger partial charge in [-0.05, 0) is 29.7 Å². The summed E-state index contributed by atoms with van der Waals surface area (Å²) in [5.41, 5.74) is 0.563. The van der Waals surface area contributed by atoms with Gasteiger partial charge >= 0.3 is 0 Å². The Balaban J connectivity index is 2.48. The van der Waals surface area contributed by atoms with Crippen LogP contribution in [0.1, 0.15) is 13.3 Å². The first-order valence-electron chi connectivity index (χ1n) is 6.75. The molecule has 112 valence electrons. The summed E-state index contributed by atoms with van der Waals surface area (Å²) in [5, 5.41) is 9.90. The van der Waals surface area contributed by atoms with Gasteiger partial charge in [0, 0.05) is 14.1 Å². The largest absolute Gasteiger partial charge is 0.611 e. The number of aromatic hydroxyl groups is 1. The summed E-state index contributed by atoms with van der Waals surface area (Å²) in [7, 11) is 3.70. The van der Waals surface area contributed by atoms with Crippen molar-refractivity contribution in [3.63, 3.8) is 0 Å². The number of phenolic OH excluding ortho intramolecular Hbond substituents is 1. The zero-order chi connectivity index (χ0) is 15.4. The molecule has 0 spiro atoms. The topological polar surface area (TPSA) is 72.3 Å². The fraction of sp³-hybridized carbons (Fsp3) is 0.333. The third-order valence-electron chi connectivity index (χ3n) is 2.94. The first-order chi connectivity index (χ1) is 10.0. The summed E-state index contributed by atoms with van der Waals surface area (Å²) >= 11 is -1.11. The Hall–Kier alpha value is -1.79. The number of benzene rings is 1. The van der Waals surface area contributed by atoms with Gasteiger partial charge in [0.1, 0.15) is 11.5 Å². The maximum atomic E-state index is 12.2. The second-order valence-electron chi connectivity index (χ2n) is 4.84. The maximum Gasteiger partial charge on any atom is 0.213 e. The number of hydrogen-bond acceptors (Lipinski definition) is 5. The quantitative estimate of drug-likeness (QED) is 0.859. The van der Waals surface area contributed by atoms with Crippen molar-refractivity contribution in [1.29, 1.82) is 0 Å². The van der Waals surface area contributed by atoms with E-state index in [0.717, 1.165) is 6.42 Å². The molecule has 0 fully saturated rings. The smallest absolute Gasteiger partial charge is 0.213 e. The lowest BCUT2D eigenvalue weighted by atomic mass is 10.2. The molecule has 0 aliphatic rings. The van der Waals surface area contributed by atoms with E-state index < -0.39 is 11.2 Å². The Labute approximate surface area is 127 Å². The highest BCUT2D eigenvalue weighted by Gasteiger charge is 2.21. The van der Waals surface area contributed by atoms with E-state index in [2.05, 4.69) is 9.97 Å². The number of anilines is 1. The van der Waals surface area contributed by atoms with Gasteiger partial charge in [0.25, 0.3) is 0 Å². The molecular weight excluding hydrogens is 286 g/mol. The van der Waals surface area contributed by atoms with Crippen LogP contribution in [0.2, 0.25) is 0 Å². The van der Waals surface area contributed by atoms with Gasteiger partial charge in [-0.2, -0.15) is 0 Å². The van der Waals surface area contributed by atoms with Crippen LogP contribution in [0, 0.1) is 0 Å². The van der Waals surface area contributed by atoms with Crippen LogP contribution < -0.4 is 4.90 Å². The number of aromatic nitrogens is 2. The van der Waals surface area contributed by atoms with Crippen molar-refractivity contribution < 1.29 is 9.66 Å². The van der Waals surface area contributed by atoms with Crippen LogP contribution in [0.4, 0.5) is 5.82 Å². The third-order valence-corrected chi connectivity index (χ3v) is 4.50. The van der Waals surface area contributed by atoms with Crippen LogP contribution in [-0.2, 0) is 11.2 Å². The van der Waals surface area contributed by atoms with Crippen molar-refractivity contribution in [3.8, 4) is 17.1 Å². The lowest BCUT2D eigenvalue weighted by molar-refractivity contribution is 0.477. The van der Waals surface area contributed by atoms with Gasteiger partial charge in [0.2, 0.25) is 4.90 Å². The normalized spacial score (nSPS) is 12.2. The summed E-state index contributed by atoms with van der Waals surface area (Å²) in [5.74, 6) is 1.76. The molecule has 0 aliphatic heterocycles. The molecule has 1 N–H and O–H groups in total. The van der Waals surface area contributed by atoms with Crippen LogP contribution in [0.15, 0.2) is 35.4 Å². The molecule has 0 saturated carbocycles. The molecule has 5 nitrogen and oxygen atoms in total. The minimum absolute atomic E-state index is 0.129. The molecule has 2 aromatic rings. The Morgan fingerprint density at radius 1 is 1.29 bits per heavy atom. The van der Waals surface area contributed by atoms with Gasteiger partial charge in [0.15, 0.2) is 11.6 Å². The number of nitrogens with zero attached hydrogens (tertiary/aromatic N) is 3. The molecule has 0 bridgehead atoms. The minimum Gasteiger partial charge on any atom is -0.611 e. The summed E-state index contributed by atoms with van der Waals surface area (Å²) in [6, 6.07) is 6.91. The van der Waals surface area contributed by atoms with Gasteiger partial charge in [-0.25, -0.2) is 9.97 Å². The van der Waals surface area contributed by atoms with Crippen molar-refractivity contribution in [2.45, 2.75) is 18.2 Å². The zero-order valence-electron chi connectivity index (χ0n) is 12.4. The molecule has 1 aromatic carbocycles. The summed E-state index contributed by atoms with van der Waals surface area (Å²) in [4.78, 5) is 11.2. The number of hydrogen-bond donors (Lipinski definition) is 1. The van der Waals surface area contributed by atoms with Crippen LogP contribution in [0.3, 0.4) is 0 Å². The van der Waals surface area contributed by atoms with Gasteiger partial charge in [-0.1, -0.05) is 19.1 Å². The Bertz CT molecular complexity index is 620. The Morgan fingerprint density at radius 3 is 2.62 bits per heavy atom. The number of phenols is 1. The van der Waals surface area contributed by atoms with Gasteiger partial charge < -0.3 is 14.6 Å². The molecule has 0 amide bonds. The van der Waals surface area contributed by atoms with Crippen LogP contribution in [-0.4, -0.2) is 39.5 Å². The Morgan fingerprint density at radius 2 is 2.00 bits per heavy atom. The molecule has 2 rings (SSSR count). The van der Waals surface area contributed by atoms with Gasteiger partial charge in [-0.15, -0.1) is 0 Å². The molecule has 1 unspecified atom stereocenters. The summed E-state index contributed by atoms with van der Waals surface area (Å²) in [6.45, 7) is 1.99. The highest BCUT2D eigenvalue weighted by molar-refractivity contribution is 7.91. The van der Waals surface area contributed by atoms with Crippen LogP contribution in [0.5, 0.6) is 5.75 Å². The standard InChI is InChI=1S/C15H19N3O2S/c1-4-9-21(20)13-10-16-14(17-15(13)18(2)3)11-7-5-6-8-12(11)19/h5-8,10,19H,4,9H2,1-3H3. The van der Waals surface area contributed by atoms with Crippen LogP contribution in [0.25, 0.3) is 11.4 Å². The predicted octanol–water partition coefficient (Wildman–Crippen LogP) is 2.43. The average molecular weight is 305 g/mol. The SMILES string of the molecule is CCC[S+]([O-])c1cnc(-c2ccccc2O)nc1N(C)C. The van der Waals surface area contributed by atoms with Crippen molar-refractivity contribution in [3.05, 3.63) is 30.5 Å².